The Hall–Kier alpha value is -1.62. The first-order valence-electron chi connectivity index (χ1n) is 5.65. The zero-order valence-electron chi connectivity index (χ0n) is 9.95. The van der Waals surface area contributed by atoms with Gasteiger partial charge in [-0.1, -0.05) is 6.07 Å². The summed E-state index contributed by atoms with van der Waals surface area (Å²) < 4.78 is 5.44. The third-order valence-electron chi connectivity index (χ3n) is 3.30. The molecular formula is C12H16N2O3. The number of ether oxygens (including phenoxy) is 1. The Morgan fingerprint density at radius 1 is 1.59 bits per heavy atom. The van der Waals surface area contributed by atoms with Crippen LogP contribution in [0.2, 0.25) is 0 Å². The van der Waals surface area contributed by atoms with Crippen LogP contribution >= 0.6 is 0 Å². The molecule has 0 bridgehead atoms. The third-order valence-corrected chi connectivity index (χ3v) is 3.30. The second kappa shape index (κ2) is 4.33. The van der Waals surface area contributed by atoms with E-state index in [1.807, 2.05) is 13.8 Å². The van der Waals surface area contributed by atoms with E-state index in [2.05, 4.69) is 10.3 Å². The average molecular weight is 236 g/mol. The standard InChI is InChI=1S/C12H16N2O3/c1-8-12(2,6-7-17-8)14-11(16)9-4-3-5-10(15)13-9/h3-5,8H,6-7H2,1-2H3,(H,13,15)(H,14,16). The smallest absolute Gasteiger partial charge is 0.268 e. The van der Waals surface area contributed by atoms with E-state index in [1.54, 1.807) is 12.1 Å². The molecule has 1 fully saturated rings. The monoisotopic (exact) mass is 236 g/mol. The fourth-order valence-electron chi connectivity index (χ4n) is 1.91. The third kappa shape index (κ3) is 2.39. The number of aromatic amines is 1. The molecule has 1 amide bonds. The maximum Gasteiger partial charge on any atom is 0.268 e. The molecule has 0 aromatic carbocycles. The van der Waals surface area contributed by atoms with Crippen molar-refractivity contribution in [2.45, 2.75) is 31.9 Å². The largest absolute Gasteiger partial charge is 0.376 e. The van der Waals surface area contributed by atoms with Crippen LogP contribution in [0.15, 0.2) is 23.0 Å². The summed E-state index contributed by atoms with van der Waals surface area (Å²) in [4.78, 5) is 25.6. The van der Waals surface area contributed by atoms with Crippen molar-refractivity contribution in [1.82, 2.24) is 10.3 Å². The number of pyridine rings is 1. The van der Waals surface area contributed by atoms with E-state index >= 15 is 0 Å². The number of hydrogen-bond acceptors (Lipinski definition) is 3. The van der Waals surface area contributed by atoms with Gasteiger partial charge in [-0.2, -0.15) is 0 Å². The Kier molecular flexibility index (Phi) is 3.02. The predicted octanol–water partition coefficient (Wildman–Crippen LogP) is 0.672. The molecule has 2 N–H and O–H groups in total. The lowest BCUT2D eigenvalue weighted by Crippen LogP contribution is -2.50. The minimum absolute atomic E-state index is 0.0260. The highest BCUT2D eigenvalue weighted by molar-refractivity contribution is 5.92. The van der Waals surface area contributed by atoms with Gasteiger partial charge in [-0.15, -0.1) is 0 Å². The molecular weight excluding hydrogens is 220 g/mol. The van der Waals surface area contributed by atoms with Gasteiger partial charge < -0.3 is 15.0 Å². The molecule has 1 saturated heterocycles. The molecule has 0 radical (unpaired) electrons. The highest BCUT2D eigenvalue weighted by Gasteiger charge is 2.38. The van der Waals surface area contributed by atoms with Gasteiger partial charge in [-0.25, -0.2) is 0 Å². The molecule has 5 heteroatoms. The molecule has 0 aliphatic carbocycles. The van der Waals surface area contributed by atoms with E-state index in [0.717, 1.165) is 6.42 Å². The topological polar surface area (TPSA) is 71.2 Å². The van der Waals surface area contributed by atoms with Crippen LogP contribution in [0.4, 0.5) is 0 Å². The summed E-state index contributed by atoms with van der Waals surface area (Å²) in [6.45, 7) is 4.52. The molecule has 1 aromatic rings. The molecule has 1 aliphatic rings. The van der Waals surface area contributed by atoms with Crippen LogP contribution in [0.5, 0.6) is 0 Å². The zero-order valence-corrected chi connectivity index (χ0v) is 9.95. The van der Waals surface area contributed by atoms with Gasteiger partial charge in [-0.05, 0) is 26.3 Å². The summed E-state index contributed by atoms with van der Waals surface area (Å²) in [6, 6.07) is 4.52. The number of rotatable bonds is 2. The van der Waals surface area contributed by atoms with Gasteiger partial charge in [0.2, 0.25) is 5.56 Å². The highest BCUT2D eigenvalue weighted by Crippen LogP contribution is 2.25. The molecule has 2 unspecified atom stereocenters. The second-order valence-electron chi connectivity index (χ2n) is 4.56. The number of amides is 1. The van der Waals surface area contributed by atoms with Crippen LogP contribution in [-0.4, -0.2) is 29.1 Å². The first kappa shape index (κ1) is 11.9. The van der Waals surface area contributed by atoms with E-state index < -0.39 is 0 Å². The fourth-order valence-corrected chi connectivity index (χ4v) is 1.91. The van der Waals surface area contributed by atoms with Crippen molar-refractivity contribution in [3.63, 3.8) is 0 Å². The summed E-state index contributed by atoms with van der Waals surface area (Å²) in [5.74, 6) is -0.275. The SMILES string of the molecule is CC1OCCC1(C)NC(=O)c1cccc(=O)[nH]1. The molecule has 5 nitrogen and oxygen atoms in total. The van der Waals surface area contributed by atoms with Crippen molar-refractivity contribution in [2.75, 3.05) is 6.61 Å². The molecule has 1 aromatic heterocycles. The molecule has 17 heavy (non-hydrogen) atoms. The van der Waals surface area contributed by atoms with Gasteiger partial charge >= 0.3 is 0 Å². The predicted molar refractivity (Wildman–Crippen MR) is 63.0 cm³/mol. The summed E-state index contributed by atoms with van der Waals surface area (Å²) in [6.07, 6.45) is 0.749. The zero-order chi connectivity index (χ0) is 12.5. The van der Waals surface area contributed by atoms with Crippen LogP contribution in [0, 0.1) is 0 Å². The Bertz CT molecular complexity index is 483. The van der Waals surface area contributed by atoms with Crippen LogP contribution < -0.4 is 10.9 Å². The van der Waals surface area contributed by atoms with Gasteiger partial charge in [0.15, 0.2) is 0 Å². The first-order chi connectivity index (χ1) is 8.01. The summed E-state index contributed by atoms with van der Waals surface area (Å²) in [5, 5.41) is 2.91. The highest BCUT2D eigenvalue weighted by atomic mass is 16.5. The van der Waals surface area contributed by atoms with Crippen molar-refractivity contribution >= 4 is 5.91 Å². The van der Waals surface area contributed by atoms with Gasteiger partial charge in [0.05, 0.1) is 11.6 Å². The lowest BCUT2D eigenvalue weighted by molar-refractivity contribution is 0.0724. The van der Waals surface area contributed by atoms with Crippen molar-refractivity contribution in [1.29, 1.82) is 0 Å². The van der Waals surface area contributed by atoms with Crippen LogP contribution in [-0.2, 0) is 4.74 Å². The van der Waals surface area contributed by atoms with E-state index in [1.165, 1.54) is 6.07 Å². The van der Waals surface area contributed by atoms with E-state index in [0.29, 0.717) is 6.61 Å². The number of hydrogen-bond donors (Lipinski definition) is 2. The quantitative estimate of drug-likeness (QED) is 0.793. The van der Waals surface area contributed by atoms with Crippen molar-refractivity contribution < 1.29 is 9.53 Å². The fraction of sp³-hybridized carbons (Fsp3) is 0.500. The maximum absolute atomic E-state index is 12.0. The number of aromatic nitrogens is 1. The van der Waals surface area contributed by atoms with Crippen molar-refractivity contribution in [2.24, 2.45) is 0 Å². The second-order valence-corrected chi connectivity index (χ2v) is 4.56. The van der Waals surface area contributed by atoms with Crippen LogP contribution in [0.3, 0.4) is 0 Å². The lowest BCUT2D eigenvalue weighted by atomic mass is 9.94. The minimum Gasteiger partial charge on any atom is -0.376 e. The first-order valence-corrected chi connectivity index (χ1v) is 5.65. The Morgan fingerprint density at radius 3 is 2.94 bits per heavy atom. The van der Waals surface area contributed by atoms with E-state index in [9.17, 15) is 9.59 Å². The van der Waals surface area contributed by atoms with Crippen molar-refractivity contribution in [3.8, 4) is 0 Å². The maximum atomic E-state index is 12.0. The van der Waals surface area contributed by atoms with E-state index in [-0.39, 0.29) is 28.8 Å². The van der Waals surface area contributed by atoms with Gasteiger partial charge in [-0.3, -0.25) is 9.59 Å². The Labute approximate surface area is 99.2 Å². The van der Waals surface area contributed by atoms with Crippen LogP contribution in [0.1, 0.15) is 30.8 Å². The number of H-pyrrole nitrogens is 1. The Balaban J connectivity index is 2.14. The summed E-state index contributed by atoms with van der Waals surface area (Å²) in [7, 11) is 0. The van der Waals surface area contributed by atoms with Gasteiger partial charge in [0.1, 0.15) is 5.69 Å². The van der Waals surface area contributed by atoms with Gasteiger partial charge in [0, 0.05) is 12.7 Å². The number of carbonyl (C=O) groups excluding carboxylic acids is 1. The summed E-state index contributed by atoms with van der Waals surface area (Å²) >= 11 is 0. The molecule has 1 aliphatic heterocycles. The number of carbonyl (C=O) groups is 1. The molecule has 0 spiro atoms. The van der Waals surface area contributed by atoms with Gasteiger partial charge in [0.25, 0.3) is 5.91 Å². The normalized spacial score (nSPS) is 28.0. The van der Waals surface area contributed by atoms with E-state index in [4.69, 9.17) is 4.74 Å². The van der Waals surface area contributed by atoms with Crippen LogP contribution in [0.25, 0.3) is 0 Å². The molecule has 0 saturated carbocycles. The summed E-state index contributed by atoms with van der Waals surface area (Å²) in [5.41, 5.74) is -0.375. The molecule has 2 atom stereocenters. The van der Waals surface area contributed by atoms with Crippen molar-refractivity contribution in [3.05, 3.63) is 34.2 Å². The molecule has 92 valence electrons. The average Bonchev–Trinajstić information content (AvgIpc) is 2.59. The molecule has 2 heterocycles. The number of nitrogens with one attached hydrogen (secondary N) is 2. The minimum atomic E-state index is -0.371. The Morgan fingerprint density at radius 2 is 2.35 bits per heavy atom. The molecule has 2 rings (SSSR count). The lowest BCUT2D eigenvalue weighted by Gasteiger charge is -2.28.